The van der Waals surface area contributed by atoms with Crippen LogP contribution in [0.4, 0.5) is 0 Å². The number of carbonyl (C=O) groups excluding carboxylic acids is 1. The van der Waals surface area contributed by atoms with Crippen molar-refractivity contribution in [3.05, 3.63) is 35.5 Å². The quantitative estimate of drug-likeness (QED) is 0.580. The highest BCUT2D eigenvalue weighted by atomic mass is 16.3. The molecule has 0 amide bonds. The van der Waals surface area contributed by atoms with E-state index >= 15 is 0 Å². The van der Waals surface area contributed by atoms with E-state index in [1.165, 1.54) is 31.3 Å². The molecule has 3 fully saturated rings. The van der Waals surface area contributed by atoms with E-state index in [1.54, 1.807) is 0 Å². The third-order valence-electron chi connectivity index (χ3n) is 8.48. The summed E-state index contributed by atoms with van der Waals surface area (Å²) in [5.74, 6) is 2.43. The van der Waals surface area contributed by atoms with E-state index in [9.17, 15) is 15.0 Å². The van der Waals surface area contributed by atoms with Gasteiger partial charge in [0.25, 0.3) is 0 Å². The lowest BCUT2D eigenvalue weighted by Crippen LogP contribution is -2.36. The van der Waals surface area contributed by atoms with Gasteiger partial charge in [0.2, 0.25) is 0 Å². The number of hydrogen-bond acceptors (Lipinski definition) is 3. The van der Waals surface area contributed by atoms with Crippen LogP contribution in [0.5, 0.6) is 0 Å². The summed E-state index contributed by atoms with van der Waals surface area (Å²) in [4.78, 5) is 12.1. The molecule has 3 saturated carbocycles. The minimum atomic E-state index is -0.625. The molecule has 3 aliphatic rings. The minimum Gasteiger partial charge on any atom is -0.393 e. The van der Waals surface area contributed by atoms with Crippen molar-refractivity contribution in [2.45, 2.75) is 97.7 Å². The standard InChI is InChI=1S/C27H42O3/c1-17(2)25(29)13-8-18(3)23-11-12-24-20(7-6-14-27(23,24)5)9-10-21-15-22(28)16-26(30)19(21)4/h9-10,17-18,22-24,26,28,30H,4,6-8,11-16H2,1-3,5H3/b20-9?,21-10-/t18-,22-,23-,24?,26-,27-/m1/s1. The lowest BCUT2D eigenvalue weighted by atomic mass is 9.60. The van der Waals surface area contributed by atoms with Crippen molar-refractivity contribution in [2.24, 2.45) is 29.1 Å². The summed E-state index contributed by atoms with van der Waals surface area (Å²) < 4.78 is 0. The van der Waals surface area contributed by atoms with Crippen LogP contribution in [0.3, 0.4) is 0 Å². The number of carbonyl (C=O) groups is 1. The summed E-state index contributed by atoms with van der Waals surface area (Å²) in [5, 5.41) is 20.2. The van der Waals surface area contributed by atoms with Crippen LogP contribution in [0, 0.1) is 29.1 Å². The Labute approximate surface area is 183 Å². The monoisotopic (exact) mass is 414 g/mol. The topological polar surface area (TPSA) is 57.5 Å². The second-order valence-electron chi connectivity index (χ2n) is 10.8. The van der Waals surface area contributed by atoms with Gasteiger partial charge in [-0.3, -0.25) is 4.79 Å². The van der Waals surface area contributed by atoms with E-state index in [-0.39, 0.29) is 5.92 Å². The summed E-state index contributed by atoms with van der Waals surface area (Å²) in [7, 11) is 0. The third kappa shape index (κ3) is 4.83. The van der Waals surface area contributed by atoms with Crippen molar-refractivity contribution in [3.63, 3.8) is 0 Å². The van der Waals surface area contributed by atoms with Gasteiger partial charge >= 0.3 is 0 Å². The zero-order chi connectivity index (χ0) is 22.1. The zero-order valence-corrected chi connectivity index (χ0v) is 19.5. The molecule has 30 heavy (non-hydrogen) atoms. The first-order chi connectivity index (χ1) is 14.1. The number of Topliss-reactive ketones (excluding diaryl/α,β-unsaturated/α-hetero) is 1. The molecule has 3 heteroatoms. The van der Waals surface area contributed by atoms with Crippen molar-refractivity contribution >= 4 is 5.78 Å². The maximum atomic E-state index is 12.1. The lowest BCUT2D eigenvalue weighted by molar-refractivity contribution is -0.122. The summed E-state index contributed by atoms with van der Waals surface area (Å²) in [6.45, 7) is 12.9. The molecule has 3 rings (SSSR count). The van der Waals surface area contributed by atoms with E-state index in [2.05, 4.69) is 32.6 Å². The van der Waals surface area contributed by atoms with Gasteiger partial charge in [-0.25, -0.2) is 0 Å². The lowest BCUT2D eigenvalue weighted by Gasteiger charge is -2.44. The number of aliphatic hydroxyl groups excluding tert-OH is 2. The first-order valence-electron chi connectivity index (χ1n) is 12.1. The molecule has 0 spiro atoms. The maximum Gasteiger partial charge on any atom is 0.135 e. The molecule has 0 aliphatic heterocycles. The fourth-order valence-electron chi connectivity index (χ4n) is 6.54. The molecule has 0 aromatic heterocycles. The van der Waals surface area contributed by atoms with E-state index < -0.39 is 12.2 Å². The van der Waals surface area contributed by atoms with Gasteiger partial charge in [0.15, 0.2) is 0 Å². The molecule has 0 saturated heterocycles. The van der Waals surface area contributed by atoms with Crippen molar-refractivity contribution in [1.29, 1.82) is 0 Å². The Hall–Kier alpha value is -1.19. The fourth-order valence-corrected chi connectivity index (χ4v) is 6.54. The SMILES string of the molecule is C=C1/C(=C\C=C2CCC[C@@]3(C)C2CC[C@@H]3[C@H](C)CCC(=O)C(C)C)C[C@@H](O)C[C@H]1O. The van der Waals surface area contributed by atoms with Crippen LogP contribution in [0.25, 0.3) is 0 Å². The number of aliphatic hydroxyl groups is 2. The van der Waals surface area contributed by atoms with Crippen molar-refractivity contribution < 1.29 is 15.0 Å². The minimum absolute atomic E-state index is 0.146. The van der Waals surface area contributed by atoms with Gasteiger partial charge in [-0.15, -0.1) is 0 Å². The molecule has 168 valence electrons. The zero-order valence-electron chi connectivity index (χ0n) is 19.5. The molecule has 2 N–H and O–H groups in total. The molecule has 0 bridgehead atoms. The fraction of sp³-hybridized carbons (Fsp3) is 0.741. The summed E-state index contributed by atoms with van der Waals surface area (Å²) in [6, 6.07) is 0. The Balaban J connectivity index is 1.72. The molecule has 3 nitrogen and oxygen atoms in total. The second-order valence-corrected chi connectivity index (χ2v) is 10.8. The number of allylic oxidation sites excluding steroid dienone is 3. The van der Waals surface area contributed by atoms with E-state index in [0.29, 0.717) is 41.8 Å². The Kier molecular flexibility index (Phi) is 7.45. The smallest absolute Gasteiger partial charge is 0.135 e. The van der Waals surface area contributed by atoms with Crippen LogP contribution >= 0.6 is 0 Å². The Morgan fingerprint density at radius 1 is 1.23 bits per heavy atom. The molecule has 1 unspecified atom stereocenters. The molecule has 0 aromatic carbocycles. The Morgan fingerprint density at radius 2 is 1.97 bits per heavy atom. The predicted octanol–water partition coefficient (Wildman–Crippen LogP) is 5.77. The van der Waals surface area contributed by atoms with E-state index in [1.807, 2.05) is 13.8 Å². The molecular formula is C27H42O3. The normalized spacial score (nSPS) is 38.3. The number of ketones is 1. The third-order valence-corrected chi connectivity index (χ3v) is 8.48. The van der Waals surface area contributed by atoms with E-state index in [4.69, 9.17) is 0 Å². The summed E-state index contributed by atoms with van der Waals surface area (Å²) >= 11 is 0. The highest BCUT2D eigenvalue weighted by Crippen LogP contribution is 2.59. The van der Waals surface area contributed by atoms with Crippen LogP contribution in [0.1, 0.15) is 85.5 Å². The highest BCUT2D eigenvalue weighted by molar-refractivity contribution is 5.80. The molecule has 0 radical (unpaired) electrons. The largest absolute Gasteiger partial charge is 0.393 e. The van der Waals surface area contributed by atoms with Crippen LogP contribution in [0.15, 0.2) is 35.5 Å². The van der Waals surface area contributed by atoms with Gasteiger partial charge in [0.1, 0.15) is 5.78 Å². The Bertz CT molecular complexity index is 716. The van der Waals surface area contributed by atoms with Gasteiger partial charge in [-0.05, 0) is 79.3 Å². The van der Waals surface area contributed by atoms with Gasteiger partial charge in [0.05, 0.1) is 12.2 Å². The Morgan fingerprint density at radius 3 is 2.67 bits per heavy atom. The van der Waals surface area contributed by atoms with Crippen molar-refractivity contribution in [3.8, 4) is 0 Å². The van der Waals surface area contributed by atoms with Crippen LogP contribution in [-0.2, 0) is 4.79 Å². The molecule has 0 aromatic rings. The van der Waals surface area contributed by atoms with Gasteiger partial charge < -0.3 is 10.2 Å². The predicted molar refractivity (Wildman–Crippen MR) is 123 cm³/mol. The molecule has 3 aliphatic carbocycles. The van der Waals surface area contributed by atoms with Crippen molar-refractivity contribution in [1.82, 2.24) is 0 Å². The molecule has 6 atom stereocenters. The summed E-state index contributed by atoms with van der Waals surface area (Å²) in [6.07, 6.45) is 12.2. The first-order valence-corrected chi connectivity index (χ1v) is 12.1. The van der Waals surface area contributed by atoms with Gasteiger partial charge in [0, 0.05) is 18.8 Å². The number of rotatable bonds is 6. The number of hydrogen-bond donors (Lipinski definition) is 2. The second kappa shape index (κ2) is 9.53. The first kappa shape index (κ1) is 23.5. The average molecular weight is 415 g/mol. The summed E-state index contributed by atoms with van der Waals surface area (Å²) in [5.41, 5.74) is 3.62. The number of fused-ring (bicyclic) bond motifs is 1. The maximum absolute atomic E-state index is 12.1. The average Bonchev–Trinajstić information content (AvgIpc) is 3.04. The van der Waals surface area contributed by atoms with Crippen LogP contribution in [0.2, 0.25) is 0 Å². The van der Waals surface area contributed by atoms with Gasteiger partial charge in [-0.1, -0.05) is 52.0 Å². The van der Waals surface area contributed by atoms with Crippen molar-refractivity contribution in [2.75, 3.05) is 0 Å². The highest BCUT2D eigenvalue weighted by Gasteiger charge is 2.50. The molecule has 0 heterocycles. The van der Waals surface area contributed by atoms with Crippen LogP contribution in [-0.4, -0.2) is 28.2 Å². The van der Waals surface area contributed by atoms with E-state index in [0.717, 1.165) is 30.4 Å². The van der Waals surface area contributed by atoms with Crippen LogP contribution < -0.4 is 0 Å². The molecular weight excluding hydrogens is 372 g/mol. The van der Waals surface area contributed by atoms with Gasteiger partial charge in [-0.2, -0.15) is 0 Å².